The van der Waals surface area contributed by atoms with Crippen molar-refractivity contribution in [2.45, 2.75) is 100 Å². The van der Waals surface area contributed by atoms with Crippen LogP contribution in [0.15, 0.2) is 25.4 Å². The molecule has 0 fully saturated rings. The summed E-state index contributed by atoms with van der Waals surface area (Å²) in [5.41, 5.74) is 0. The molecule has 0 saturated carbocycles. The largest absolute Gasteiger partial charge is 0.396 e. The summed E-state index contributed by atoms with van der Waals surface area (Å²) in [5, 5.41) is 19.4. The van der Waals surface area contributed by atoms with Crippen LogP contribution in [0.5, 0.6) is 0 Å². The summed E-state index contributed by atoms with van der Waals surface area (Å²) in [4.78, 5) is 0. The van der Waals surface area contributed by atoms with Crippen LogP contribution in [0.4, 0.5) is 0 Å². The molecule has 0 saturated heterocycles. The first-order chi connectivity index (χ1) is 17.8. The number of rotatable bonds is 16. The smallest absolute Gasteiger partial charge is 0.0717 e. The van der Waals surface area contributed by atoms with Gasteiger partial charge in [-0.25, -0.2) is 0 Å². The zero-order valence-electron chi connectivity index (χ0n) is 21.0. The molecule has 10 heteroatoms. The molecule has 0 bridgehead atoms. The second kappa shape index (κ2) is 17.7. The van der Waals surface area contributed by atoms with Crippen molar-refractivity contribution in [2.24, 2.45) is 0 Å². The van der Waals surface area contributed by atoms with Crippen LogP contribution in [0.2, 0.25) is 0 Å². The number of aliphatic hydroxyl groups is 2. The van der Waals surface area contributed by atoms with Crippen molar-refractivity contribution >= 4 is 94.1 Å². The Hall–Kier alpha value is 1.94. The average Bonchev–Trinajstić information content (AvgIpc) is 3.51. The van der Waals surface area contributed by atoms with Gasteiger partial charge in [0.1, 0.15) is 0 Å². The first-order valence-electron chi connectivity index (χ1n) is 13.5. The Labute approximate surface area is 252 Å². The lowest BCUT2D eigenvalue weighted by atomic mass is 10.1. The van der Waals surface area contributed by atoms with Gasteiger partial charge in [-0.1, -0.05) is 111 Å². The Morgan fingerprint density at radius 2 is 0.806 bits per heavy atom. The molecule has 0 amide bonds. The molecule has 2 nitrogen and oxygen atoms in total. The molecule has 36 heavy (non-hydrogen) atoms. The van der Waals surface area contributed by atoms with E-state index in [1.165, 1.54) is 97.0 Å². The van der Waals surface area contributed by atoms with Crippen LogP contribution >= 0.6 is 94.1 Å². The van der Waals surface area contributed by atoms with Crippen LogP contribution in [0.1, 0.15) is 89.9 Å². The van der Waals surface area contributed by atoms with Crippen molar-refractivity contribution in [1.29, 1.82) is 0 Å². The number of unbranched alkanes of at least 4 members (excludes halogenated alkanes) is 10. The first-order valence-corrected chi connectivity index (χ1v) is 20.5. The zero-order chi connectivity index (χ0) is 25.0. The van der Waals surface area contributed by atoms with Crippen LogP contribution in [0.3, 0.4) is 0 Å². The van der Waals surface area contributed by atoms with Crippen LogP contribution in [0.25, 0.3) is 0 Å². The summed E-state index contributed by atoms with van der Waals surface area (Å²) in [5.74, 6) is 2.54. The predicted molar refractivity (Wildman–Crippen MR) is 178 cm³/mol. The van der Waals surface area contributed by atoms with Gasteiger partial charge in [0.25, 0.3) is 0 Å². The maximum atomic E-state index is 8.90. The maximum absolute atomic E-state index is 8.90. The standard InChI is InChI=1S/C26H40O2S8/c27-15-11-7-3-1-5-9-13-19-17-29-21-23(31-19)35-25(33-21)26-34-22-24(36-26)32-20(18-30-22)14-10-6-2-4-8-12-16-28/h19-20,27-28H,1-18H2/b26-25+. The van der Waals surface area contributed by atoms with E-state index in [0.29, 0.717) is 13.2 Å². The van der Waals surface area contributed by atoms with Crippen molar-refractivity contribution in [3.63, 3.8) is 0 Å². The van der Waals surface area contributed by atoms with Crippen LogP contribution in [-0.4, -0.2) is 45.4 Å². The fourth-order valence-corrected chi connectivity index (χ4v) is 17.6. The van der Waals surface area contributed by atoms with E-state index in [-0.39, 0.29) is 0 Å². The lowest BCUT2D eigenvalue weighted by molar-refractivity contribution is 0.282. The van der Waals surface area contributed by atoms with E-state index in [2.05, 4.69) is 70.6 Å². The molecular weight excluding hydrogens is 601 g/mol. The average molecular weight is 641 g/mol. The molecule has 0 aromatic rings. The Bertz CT molecular complexity index is 733. The molecule has 4 rings (SSSR count). The highest BCUT2D eigenvalue weighted by atomic mass is 32.3. The molecule has 0 aromatic carbocycles. The minimum atomic E-state index is 0.350. The lowest BCUT2D eigenvalue weighted by Crippen LogP contribution is -2.09. The molecule has 4 aliphatic heterocycles. The first kappa shape index (κ1) is 30.9. The van der Waals surface area contributed by atoms with Gasteiger partial charge in [0, 0.05) is 35.2 Å². The van der Waals surface area contributed by atoms with E-state index in [1.54, 1.807) is 16.9 Å². The van der Waals surface area contributed by atoms with Crippen molar-refractivity contribution in [3.05, 3.63) is 25.4 Å². The van der Waals surface area contributed by atoms with Crippen LogP contribution < -0.4 is 0 Å². The summed E-state index contributed by atoms with van der Waals surface area (Å²) >= 11 is 16.7. The molecule has 0 aromatic heterocycles. The second-order valence-corrected chi connectivity index (χ2v) is 19.8. The van der Waals surface area contributed by atoms with E-state index >= 15 is 0 Å². The quantitative estimate of drug-likeness (QED) is 0.159. The van der Waals surface area contributed by atoms with Gasteiger partial charge in [-0.15, -0.1) is 47.0 Å². The molecule has 204 valence electrons. The molecular formula is C26H40O2S8. The highest BCUT2D eigenvalue weighted by Gasteiger charge is 2.36. The summed E-state index contributed by atoms with van der Waals surface area (Å²) in [6.07, 6.45) is 17.6. The van der Waals surface area contributed by atoms with Gasteiger partial charge in [0.05, 0.1) is 25.4 Å². The van der Waals surface area contributed by atoms with Gasteiger partial charge in [-0.2, -0.15) is 0 Å². The number of hydrogen-bond donors (Lipinski definition) is 2. The van der Waals surface area contributed by atoms with Gasteiger partial charge in [0.15, 0.2) is 0 Å². The molecule has 0 radical (unpaired) electrons. The van der Waals surface area contributed by atoms with Crippen molar-refractivity contribution in [1.82, 2.24) is 0 Å². The summed E-state index contributed by atoms with van der Waals surface area (Å²) < 4.78 is 9.36. The minimum absolute atomic E-state index is 0.350. The molecule has 4 heterocycles. The summed E-state index contributed by atoms with van der Waals surface area (Å²) in [6, 6.07) is 0. The van der Waals surface area contributed by atoms with Gasteiger partial charge in [0.2, 0.25) is 0 Å². The molecule has 2 N–H and O–H groups in total. The Morgan fingerprint density at radius 1 is 0.444 bits per heavy atom. The zero-order valence-corrected chi connectivity index (χ0v) is 27.6. The molecule has 0 spiro atoms. The van der Waals surface area contributed by atoms with E-state index in [1.807, 2.05) is 23.5 Å². The van der Waals surface area contributed by atoms with E-state index in [4.69, 9.17) is 10.2 Å². The van der Waals surface area contributed by atoms with Crippen molar-refractivity contribution in [3.8, 4) is 0 Å². The van der Waals surface area contributed by atoms with Gasteiger partial charge in [-0.05, 0) is 25.7 Å². The van der Waals surface area contributed by atoms with Crippen LogP contribution in [-0.2, 0) is 0 Å². The summed E-state index contributed by atoms with van der Waals surface area (Å²) in [6.45, 7) is 0.700. The van der Waals surface area contributed by atoms with Crippen LogP contribution in [0, 0.1) is 0 Å². The van der Waals surface area contributed by atoms with E-state index < -0.39 is 0 Å². The normalized spacial score (nSPS) is 26.2. The minimum Gasteiger partial charge on any atom is -0.396 e. The van der Waals surface area contributed by atoms with Crippen molar-refractivity contribution in [2.75, 3.05) is 24.7 Å². The Balaban J connectivity index is 1.14. The maximum Gasteiger partial charge on any atom is 0.0717 e. The third kappa shape index (κ3) is 10.1. The third-order valence-electron chi connectivity index (χ3n) is 6.46. The fraction of sp³-hybridized carbons (Fsp3) is 0.769. The number of aliphatic hydroxyl groups excluding tert-OH is 2. The monoisotopic (exact) mass is 640 g/mol. The Morgan fingerprint density at radius 3 is 1.22 bits per heavy atom. The van der Waals surface area contributed by atoms with E-state index in [9.17, 15) is 0 Å². The third-order valence-corrected chi connectivity index (χ3v) is 19.2. The summed E-state index contributed by atoms with van der Waals surface area (Å²) in [7, 11) is 0. The number of hydrogen-bond acceptors (Lipinski definition) is 10. The van der Waals surface area contributed by atoms with E-state index in [0.717, 1.165) is 23.3 Å². The van der Waals surface area contributed by atoms with Gasteiger partial charge < -0.3 is 10.2 Å². The topological polar surface area (TPSA) is 40.5 Å². The highest BCUT2D eigenvalue weighted by Crippen LogP contribution is 2.68. The van der Waals surface area contributed by atoms with Crippen molar-refractivity contribution < 1.29 is 10.2 Å². The number of thioether (sulfide) groups is 8. The SMILES string of the molecule is OCCCCCCCCC1CSC2=C(S/C(=C3\SC4=C(S3)SC(CCCCCCCCO)CS4)S2)S1. The molecule has 0 aliphatic carbocycles. The van der Waals surface area contributed by atoms with Gasteiger partial charge in [-0.3, -0.25) is 0 Å². The fourth-order valence-electron chi connectivity index (χ4n) is 4.41. The lowest BCUT2D eigenvalue weighted by Gasteiger charge is -2.21. The highest BCUT2D eigenvalue weighted by molar-refractivity contribution is 8.45. The Kier molecular flexibility index (Phi) is 15.2. The predicted octanol–water partition coefficient (Wildman–Crippen LogP) is 10.5. The second-order valence-electron chi connectivity index (χ2n) is 9.50. The molecule has 2 unspecified atom stereocenters. The molecule has 4 aliphatic rings. The van der Waals surface area contributed by atoms with Gasteiger partial charge >= 0.3 is 0 Å². The molecule has 2 atom stereocenters.